The Morgan fingerprint density at radius 2 is 1.86 bits per heavy atom. The lowest BCUT2D eigenvalue weighted by Gasteiger charge is -2.42. The number of fused-ring (bicyclic) bond motifs is 1. The summed E-state index contributed by atoms with van der Waals surface area (Å²) >= 11 is 0. The molecule has 0 bridgehead atoms. The second kappa shape index (κ2) is 9.43. The van der Waals surface area contributed by atoms with Crippen molar-refractivity contribution in [2.45, 2.75) is 45.1 Å². The maximum Gasteiger partial charge on any atom is 0.230 e. The molecule has 1 aromatic carbocycles. The number of halogens is 2. The van der Waals surface area contributed by atoms with Gasteiger partial charge < -0.3 is 15.5 Å². The maximum atomic E-state index is 13.3. The van der Waals surface area contributed by atoms with Crippen LogP contribution in [0, 0.1) is 23.1 Å². The van der Waals surface area contributed by atoms with Crippen molar-refractivity contribution < 1.29 is 14.0 Å². The lowest BCUT2D eigenvalue weighted by atomic mass is 9.67. The molecule has 1 saturated carbocycles. The average Bonchev–Trinajstić information content (AvgIpc) is 3.18. The van der Waals surface area contributed by atoms with Gasteiger partial charge in [0, 0.05) is 32.1 Å². The summed E-state index contributed by atoms with van der Waals surface area (Å²) in [4.78, 5) is 27.8. The number of nitrogens with zero attached hydrogens (tertiary/aromatic N) is 1. The van der Waals surface area contributed by atoms with Gasteiger partial charge in [-0.3, -0.25) is 9.59 Å². The topological polar surface area (TPSA) is 61.4 Å². The van der Waals surface area contributed by atoms with Crippen LogP contribution in [0.5, 0.6) is 0 Å². The van der Waals surface area contributed by atoms with Gasteiger partial charge in [-0.05, 0) is 55.8 Å². The van der Waals surface area contributed by atoms with Gasteiger partial charge in [0.05, 0.1) is 5.41 Å². The fourth-order valence-electron chi connectivity index (χ4n) is 5.26. The first kappa shape index (κ1) is 22.0. The van der Waals surface area contributed by atoms with Gasteiger partial charge in [-0.2, -0.15) is 0 Å². The molecule has 1 aromatic rings. The normalized spacial score (nSPS) is 27.1. The number of hydrogen-bond acceptors (Lipinski definition) is 3. The van der Waals surface area contributed by atoms with Gasteiger partial charge in [0.2, 0.25) is 11.8 Å². The van der Waals surface area contributed by atoms with E-state index in [1.165, 1.54) is 18.6 Å². The third-order valence-corrected chi connectivity index (χ3v) is 7.00. The van der Waals surface area contributed by atoms with Crippen LogP contribution in [0.15, 0.2) is 24.3 Å². The van der Waals surface area contributed by atoms with E-state index in [4.69, 9.17) is 0 Å². The lowest BCUT2D eigenvalue weighted by Crippen LogP contribution is -2.52. The van der Waals surface area contributed by atoms with Crippen molar-refractivity contribution in [1.82, 2.24) is 15.5 Å². The van der Waals surface area contributed by atoms with Crippen molar-refractivity contribution >= 4 is 24.2 Å². The zero-order valence-electron chi connectivity index (χ0n) is 16.8. The molecular weight excluding hydrogens is 393 g/mol. The van der Waals surface area contributed by atoms with E-state index >= 15 is 0 Å². The SMILES string of the molecule is Cl.O=C(NCc1ccc(F)cc1)C1CCN(C(=O)[C@@]23CCCC[C@H]2CNC3)CC1. The first-order chi connectivity index (χ1) is 13.6. The highest BCUT2D eigenvalue weighted by Crippen LogP contribution is 2.45. The summed E-state index contributed by atoms with van der Waals surface area (Å²) in [6.07, 6.45) is 5.97. The second-order valence-electron chi connectivity index (χ2n) is 8.64. The largest absolute Gasteiger partial charge is 0.352 e. The molecule has 1 aliphatic carbocycles. The summed E-state index contributed by atoms with van der Waals surface area (Å²) in [6.45, 7) is 3.53. The van der Waals surface area contributed by atoms with Crippen LogP contribution in [0.4, 0.5) is 4.39 Å². The number of piperidine rings is 1. The number of carbonyl (C=O) groups is 2. The minimum absolute atomic E-state index is 0. The fraction of sp³-hybridized carbons (Fsp3) is 0.636. The molecular formula is C22H31ClFN3O2. The van der Waals surface area contributed by atoms with Gasteiger partial charge >= 0.3 is 0 Å². The molecule has 0 unspecified atom stereocenters. The van der Waals surface area contributed by atoms with Crippen molar-refractivity contribution in [2.75, 3.05) is 26.2 Å². The third kappa shape index (κ3) is 4.58. The summed E-state index contributed by atoms with van der Waals surface area (Å²) < 4.78 is 13.0. The van der Waals surface area contributed by atoms with Crippen molar-refractivity contribution in [2.24, 2.45) is 17.3 Å². The number of amides is 2. The standard InChI is InChI=1S/C22H30FN3O2.ClH/c23-19-6-4-16(5-7-19)13-25-20(27)17-8-11-26(12-9-17)21(28)22-10-2-1-3-18(22)14-24-15-22;/h4-7,17-18,24H,1-3,8-15H2,(H,25,27);1H/t18-,22+;/m0./s1. The molecule has 2 atom stereocenters. The summed E-state index contributed by atoms with van der Waals surface area (Å²) in [6, 6.07) is 6.18. The molecule has 160 valence electrons. The Morgan fingerprint density at radius 3 is 2.59 bits per heavy atom. The molecule has 29 heavy (non-hydrogen) atoms. The molecule has 0 radical (unpaired) electrons. The fourth-order valence-corrected chi connectivity index (χ4v) is 5.26. The van der Waals surface area contributed by atoms with E-state index in [2.05, 4.69) is 10.6 Å². The summed E-state index contributed by atoms with van der Waals surface area (Å²) in [5.41, 5.74) is 0.689. The molecule has 0 spiro atoms. The van der Waals surface area contributed by atoms with Crippen LogP contribution >= 0.6 is 12.4 Å². The van der Waals surface area contributed by atoms with Gasteiger partial charge in [0.15, 0.2) is 0 Å². The van der Waals surface area contributed by atoms with Crippen LogP contribution < -0.4 is 10.6 Å². The molecule has 4 rings (SSSR count). The van der Waals surface area contributed by atoms with E-state index in [1.807, 2.05) is 4.90 Å². The molecule has 5 nitrogen and oxygen atoms in total. The van der Waals surface area contributed by atoms with Gasteiger partial charge in [-0.15, -0.1) is 12.4 Å². The van der Waals surface area contributed by atoms with Gasteiger partial charge in [-0.25, -0.2) is 4.39 Å². The van der Waals surface area contributed by atoms with E-state index in [0.29, 0.717) is 31.5 Å². The molecule has 2 heterocycles. The molecule has 2 aliphatic heterocycles. The first-order valence-electron chi connectivity index (χ1n) is 10.6. The van der Waals surface area contributed by atoms with Crippen molar-refractivity contribution in [3.63, 3.8) is 0 Å². The van der Waals surface area contributed by atoms with Crippen molar-refractivity contribution in [3.8, 4) is 0 Å². The number of rotatable bonds is 4. The number of carbonyl (C=O) groups excluding carboxylic acids is 2. The van der Waals surface area contributed by atoms with Crippen LogP contribution in [0.1, 0.15) is 44.1 Å². The Kier molecular flexibility index (Phi) is 7.17. The maximum absolute atomic E-state index is 13.3. The van der Waals surface area contributed by atoms with Crippen LogP contribution in [-0.2, 0) is 16.1 Å². The zero-order chi connectivity index (χ0) is 19.6. The molecule has 2 saturated heterocycles. The second-order valence-corrected chi connectivity index (χ2v) is 8.64. The summed E-state index contributed by atoms with van der Waals surface area (Å²) in [7, 11) is 0. The van der Waals surface area contributed by atoms with Crippen LogP contribution in [0.2, 0.25) is 0 Å². The Bertz CT molecular complexity index is 721. The van der Waals surface area contributed by atoms with Crippen LogP contribution in [-0.4, -0.2) is 42.9 Å². The Balaban J connectivity index is 0.00000240. The van der Waals surface area contributed by atoms with E-state index in [9.17, 15) is 14.0 Å². The summed E-state index contributed by atoms with van der Waals surface area (Å²) in [5, 5.41) is 6.41. The number of nitrogens with one attached hydrogen (secondary N) is 2. The molecule has 3 aliphatic rings. The lowest BCUT2D eigenvalue weighted by molar-refractivity contribution is -0.148. The molecule has 2 N–H and O–H groups in total. The number of benzene rings is 1. The smallest absolute Gasteiger partial charge is 0.230 e. The summed E-state index contributed by atoms with van der Waals surface area (Å²) in [5.74, 6) is 0.501. The molecule has 7 heteroatoms. The number of likely N-dealkylation sites (tertiary alicyclic amines) is 1. The minimum Gasteiger partial charge on any atom is -0.352 e. The van der Waals surface area contributed by atoms with E-state index in [0.717, 1.165) is 50.8 Å². The predicted molar refractivity (Wildman–Crippen MR) is 112 cm³/mol. The van der Waals surface area contributed by atoms with Gasteiger partial charge in [-0.1, -0.05) is 25.0 Å². The van der Waals surface area contributed by atoms with E-state index < -0.39 is 0 Å². The highest BCUT2D eigenvalue weighted by atomic mass is 35.5. The number of hydrogen-bond donors (Lipinski definition) is 2. The highest BCUT2D eigenvalue weighted by molar-refractivity contribution is 5.85. The Labute approximate surface area is 178 Å². The first-order valence-corrected chi connectivity index (χ1v) is 10.6. The van der Waals surface area contributed by atoms with Crippen LogP contribution in [0.25, 0.3) is 0 Å². The third-order valence-electron chi connectivity index (χ3n) is 7.00. The average molecular weight is 424 g/mol. The van der Waals surface area contributed by atoms with E-state index in [-0.39, 0.29) is 35.5 Å². The Morgan fingerprint density at radius 1 is 1.14 bits per heavy atom. The monoisotopic (exact) mass is 423 g/mol. The van der Waals surface area contributed by atoms with Gasteiger partial charge in [0.1, 0.15) is 5.82 Å². The zero-order valence-corrected chi connectivity index (χ0v) is 17.6. The van der Waals surface area contributed by atoms with Gasteiger partial charge in [0.25, 0.3) is 0 Å². The predicted octanol–water partition coefficient (Wildman–Crippen LogP) is 2.88. The highest BCUT2D eigenvalue weighted by Gasteiger charge is 2.51. The molecule has 3 fully saturated rings. The van der Waals surface area contributed by atoms with E-state index in [1.54, 1.807) is 12.1 Å². The van der Waals surface area contributed by atoms with Crippen molar-refractivity contribution in [3.05, 3.63) is 35.6 Å². The Hall–Kier alpha value is -1.66. The van der Waals surface area contributed by atoms with Crippen LogP contribution in [0.3, 0.4) is 0 Å². The van der Waals surface area contributed by atoms with Crippen molar-refractivity contribution in [1.29, 1.82) is 0 Å². The molecule has 2 amide bonds. The molecule has 0 aromatic heterocycles. The minimum atomic E-state index is -0.274. The quantitative estimate of drug-likeness (QED) is 0.782.